The number of esters is 2. The molecule has 4 heteroatoms. The van der Waals surface area contributed by atoms with Gasteiger partial charge in [-0.3, -0.25) is 0 Å². The molecule has 0 fully saturated rings. The Morgan fingerprint density at radius 3 is 2.20 bits per heavy atom. The van der Waals surface area contributed by atoms with Gasteiger partial charge < -0.3 is 4.74 Å². The van der Waals surface area contributed by atoms with Gasteiger partial charge in [-0.2, -0.15) is 0 Å². The van der Waals surface area contributed by atoms with E-state index in [0.29, 0.717) is 5.56 Å². The quantitative estimate of drug-likeness (QED) is 0.322. The summed E-state index contributed by atoms with van der Waals surface area (Å²) in [5.41, 5.74) is 0.552. The zero-order chi connectivity index (χ0) is 10.6. The molecule has 0 aromatic heterocycles. The van der Waals surface area contributed by atoms with Crippen molar-refractivity contribution >= 4 is 41.5 Å². The molecule has 0 N–H and O–H groups in total. The summed E-state index contributed by atoms with van der Waals surface area (Å²) >= 11 is 0. The van der Waals surface area contributed by atoms with Crippen molar-refractivity contribution in [1.82, 2.24) is 0 Å². The van der Waals surface area contributed by atoms with Crippen LogP contribution in [0.25, 0.3) is 0 Å². The van der Waals surface area contributed by atoms with Gasteiger partial charge in [-0.05, 0) is 19.1 Å². The van der Waals surface area contributed by atoms with E-state index in [-0.39, 0.29) is 35.1 Å². The van der Waals surface area contributed by atoms with Gasteiger partial charge in [0.1, 0.15) is 0 Å². The summed E-state index contributed by atoms with van der Waals surface area (Å²) in [5.74, 6) is -1.35. The summed E-state index contributed by atoms with van der Waals surface area (Å²) in [4.78, 5) is 22.3. The van der Waals surface area contributed by atoms with Crippen LogP contribution in [0.15, 0.2) is 42.5 Å². The van der Waals surface area contributed by atoms with Crippen molar-refractivity contribution < 1.29 is 14.3 Å². The summed E-state index contributed by atoms with van der Waals surface area (Å²) in [7, 11) is 0. The zero-order valence-electron chi connectivity index (χ0n) is 7.82. The molecule has 0 bridgehead atoms. The standard InChI is InChI=1S/C11H10O3.Na.H/c1-8(2)10(12)14-11(13)9-6-4-3-5-7-9;;/h3-7H,1H2,2H3;;. The molecule has 0 spiro atoms. The van der Waals surface area contributed by atoms with E-state index in [1.807, 2.05) is 0 Å². The van der Waals surface area contributed by atoms with Crippen molar-refractivity contribution in [3.63, 3.8) is 0 Å². The van der Waals surface area contributed by atoms with E-state index < -0.39 is 11.9 Å². The molecular weight excluding hydrogens is 203 g/mol. The summed E-state index contributed by atoms with van der Waals surface area (Å²) < 4.78 is 4.52. The molecule has 0 aliphatic rings. The maximum absolute atomic E-state index is 11.3. The fraction of sp³-hybridized carbons (Fsp3) is 0.0909. The van der Waals surface area contributed by atoms with Crippen LogP contribution in [0.4, 0.5) is 0 Å². The second kappa shape index (κ2) is 6.56. The third kappa shape index (κ3) is 4.42. The Morgan fingerprint density at radius 1 is 1.20 bits per heavy atom. The number of carbonyl (C=O) groups excluding carboxylic acids is 2. The normalized spacial score (nSPS) is 8.60. The number of hydrogen-bond acceptors (Lipinski definition) is 3. The van der Waals surface area contributed by atoms with E-state index in [2.05, 4.69) is 11.3 Å². The molecule has 0 saturated carbocycles. The van der Waals surface area contributed by atoms with Crippen LogP contribution in [-0.4, -0.2) is 41.5 Å². The molecule has 1 aromatic carbocycles. The van der Waals surface area contributed by atoms with E-state index in [0.717, 1.165) is 0 Å². The van der Waals surface area contributed by atoms with Crippen LogP contribution in [-0.2, 0) is 9.53 Å². The fourth-order valence-corrected chi connectivity index (χ4v) is 0.804. The molecule has 0 aliphatic heterocycles. The summed E-state index contributed by atoms with van der Waals surface area (Å²) in [6.45, 7) is 4.86. The maximum atomic E-state index is 11.3. The van der Waals surface area contributed by atoms with Crippen LogP contribution in [0, 0.1) is 0 Å². The number of carbonyl (C=O) groups is 2. The van der Waals surface area contributed by atoms with E-state index >= 15 is 0 Å². The van der Waals surface area contributed by atoms with Crippen molar-refractivity contribution in [3.8, 4) is 0 Å². The second-order valence-corrected chi connectivity index (χ2v) is 2.82. The van der Waals surface area contributed by atoms with E-state index in [9.17, 15) is 9.59 Å². The van der Waals surface area contributed by atoms with Crippen LogP contribution in [0.1, 0.15) is 17.3 Å². The van der Waals surface area contributed by atoms with Gasteiger partial charge in [0.05, 0.1) is 5.56 Å². The molecule has 0 atom stereocenters. The van der Waals surface area contributed by atoms with Gasteiger partial charge in [-0.1, -0.05) is 24.8 Å². The zero-order valence-corrected chi connectivity index (χ0v) is 7.82. The van der Waals surface area contributed by atoms with Crippen LogP contribution in [0.5, 0.6) is 0 Å². The van der Waals surface area contributed by atoms with Gasteiger partial charge in [-0.25, -0.2) is 9.59 Å². The second-order valence-electron chi connectivity index (χ2n) is 2.82. The van der Waals surface area contributed by atoms with Crippen molar-refractivity contribution in [1.29, 1.82) is 0 Å². The first-order valence-corrected chi connectivity index (χ1v) is 4.08. The molecular formula is C11H11NaO3. The Kier molecular flexibility index (Phi) is 6.17. The Labute approximate surface area is 110 Å². The van der Waals surface area contributed by atoms with Crippen LogP contribution >= 0.6 is 0 Å². The van der Waals surface area contributed by atoms with Gasteiger partial charge in [0.15, 0.2) is 0 Å². The summed E-state index contributed by atoms with van der Waals surface area (Å²) in [5, 5.41) is 0. The number of hydrogen-bond donors (Lipinski definition) is 0. The third-order valence-corrected chi connectivity index (χ3v) is 1.54. The molecule has 0 aliphatic carbocycles. The van der Waals surface area contributed by atoms with E-state index in [1.54, 1.807) is 30.3 Å². The predicted molar refractivity (Wildman–Crippen MR) is 58.8 cm³/mol. The Morgan fingerprint density at radius 2 is 1.73 bits per heavy atom. The monoisotopic (exact) mass is 214 g/mol. The topological polar surface area (TPSA) is 43.4 Å². The van der Waals surface area contributed by atoms with Crippen LogP contribution in [0.2, 0.25) is 0 Å². The number of ether oxygens (including phenoxy) is 1. The minimum absolute atomic E-state index is 0. The van der Waals surface area contributed by atoms with Crippen molar-refractivity contribution in [2.45, 2.75) is 6.92 Å². The average molecular weight is 214 g/mol. The van der Waals surface area contributed by atoms with Gasteiger partial charge in [0, 0.05) is 5.57 Å². The van der Waals surface area contributed by atoms with Gasteiger partial charge in [-0.15, -0.1) is 0 Å². The van der Waals surface area contributed by atoms with Gasteiger partial charge in [0.25, 0.3) is 0 Å². The Balaban J connectivity index is 0.00000196. The van der Waals surface area contributed by atoms with Crippen molar-refractivity contribution in [2.75, 3.05) is 0 Å². The molecule has 15 heavy (non-hydrogen) atoms. The molecule has 0 saturated heterocycles. The van der Waals surface area contributed by atoms with Gasteiger partial charge in [0.2, 0.25) is 0 Å². The van der Waals surface area contributed by atoms with Crippen molar-refractivity contribution in [2.24, 2.45) is 0 Å². The predicted octanol–water partition coefficient (Wildman–Crippen LogP) is 1.30. The third-order valence-electron chi connectivity index (χ3n) is 1.54. The summed E-state index contributed by atoms with van der Waals surface area (Å²) in [6, 6.07) is 8.32. The Hall–Kier alpha value is -0.900. The van der Waals surface area contributed by atoms with Crippen molar-refractivity contribution in [3.05, 3.63) is 48.0 Å². The SMILES string of the molecule is C=C(C)C(=O)OC(=O)c1ccccc1.[NaH]. The first kappa shape index (κ1) is 14.1. The minimum atomic E-state index is -0.696. The molecule has 0 amide bonds. The van der Waals surface area contributed by atoms with E-state index in [1.165, 1.54) is 6.92 Å². The number of rotatable bonds is 2. The average Bonchev–Trinajstić information content (AvgIpc) is 2.19. The van der Waals surface area contributed by atoms with Gasteiger partial charge >= 0.3 is 41.5 Å². The fourth-order valence-electron chi connectivity index (χ4n) is 0.804. The summed E-state index contributed by atoms with van der Waals surface area (Å²) in [6.07, 6.45) is 0. The molecule has 3 nitrogen and oxygen atoms in total. The first-order chi connectivity index (χ1) is 6.61. The molecule has 0 radical (unpaired) electrons. The molecule has 74 valence electrons. The van der Waals surface area contributed by atoms with Crippen LogP contribution in [0.3, 0.4) is 0 Å². The number of benzene rings is 1. The van der Waals surface area contributed by atoms with E-state index in [4.69, 9.17) is 0 Å². The Bertz CT molecular complexity index is 371. The molecule has 0 heterocycles. The first-order valence-electron chi connectivity index (χ1n) is 4.08. The molecule has 1 rings (SSSR count). The molecule has 1 aromatic rings. The van der Waals surface area contributed by atoms with Crippen LogP contribution < -0.4 is 0 Å². The molecule has 0 unspecified atom stereocenters.